The van der Waals surface area contributed by atoms with E-state index in [1.54, 1.807) is 32.2 Å². The number of cyclic esters (lactones) is 1. The lowest BCUT2D eigenvalue weighted by atomic mass is 9.90. The maximum absolute atomic E-state index is 11.9. The Kier molecular flexibility index (Phi) is 2.98. The van der Waals surface area contributed by atoms with Crippen LogP contribution in [0.1, 0.15) is 22.8 Å². The molecule has 1 heterocycles. The zero-order valence-corrected chi connectivity index (χ0v) is 10.5. The smallest absolute Gasteiger partial charge is 0.350 e. The van der Waals surface area contributed by atoms with E-state index in [9.17, 15) is 9.59 Å². The number of esters is 2. The largest absolute Gasteiger partial charge is 0.497 e. The molecule has 0 amide bonds. The highest BCUT2D eigenvalue weighted by molar-refractivity contribution is 5.96. The van der Waals surface area contributed by atoms with Crippen molar-refractivity contribution < 1.29 is 23.8 Å². The lowest BCUT2D eigenvalue weighted by Crippen LogP contribution is -2.46. The van der Waals surface area contributed by atoms with Crippen LogP contribution in [0, 0.1) is 0 Å². The van der Waals surface area contributed by atoms with Crippen molar-refractivity contribution in [2.24, 2.45) is 0 Å². The first kappa shape index (κ1) is 12.4. The molecule has 1 aromatic rings. The molecule has 5 nitrogen and oxygen atoms in total. The second-order valence-corrected chi connectivity index (χ2v) is 4.31. The summed E-state index contributed by atoms with van der Waals surface area (Å²) in [6, 6.07) is 5.05. The summed E-state index contributed by atoms with van der Waals surface area (Å²) in [6.07, 6.45) is 0.276. The monoisotopic (exact) mass is 250 g/mol. The van der Waals surface area contributed by atoms with Crippen molar-refractivity contribution in [3.8, 4) is 5.75 Å². The van der Waals surface area contributed by atoms with E-state index in [-0.39, 0.29) is 6.42 Å². The van der Waals surface area contributed by atoms with E-state index in [0.29, 0.717) is 11.3 Å². The highest BCUT2D eigenvalue weighted by Gasteiger charge is 2.43. The molecule has 18 heavy (non-hydrogen) atoms. The van der Waals surface area contributed by atoms with Gasteiger partial charge in [-0.2, -0.15) is 0 Å². The molecular weight excluding hydrogens is 236 g/mol. The second-order valence-electron chi connectivity index (χ2n) is 4.31. The molecule has 0 aromatic heterocycles. The summed E-state index contributed by atoms with van der Waals surface area (Å²) < 4.78 is 14.9. The second kappa shape index (κ2) is 4.33. The van der Waals surface area contributed by atoms with E-state index in [0.717, 1.165) is 5.56 Å². The Morgan fingerprint density at radius 1 is 1.39 bits per heavy atom. The van der Waals surface area contributed by atoms with Gasteiger partial charge in [0.05, 0.1) is 19.8 Å². The molecule has 96 valence electrons. The van der Waals surface area contributed by atoms with Crippen LogP contribution in [0.15, 0.2) is 18.2 Å². The normalized spacial score (nSPS) is 21.8. The summed E-state index contributed by atoms with van der Waals surface area (Å²) in [7, 11) is 2.81. The molecule has 0 spiro atoms. The van der Waals surface area contributed by atoms with Crippen LogP contribution in [0.3, 0.4) is 0 Å². The zero-order chi connectivity index (χ0) is 13.3. The van der Waals surface area contributed by atoms with Crippen molar-refractivity contribution >= 4 is 11.9 Å². The lowest BCUT2D eigenvalue weighted by Gasteiger charge is -2.31. The van der Waals surface area contributed by atoms with Gasteiger partial charge in [-0.1, -0.05) is 0 Å². The van der Waals surface area contributed by atoms with Gasteiger partial charge in [-0.25, -0.2) is 9.59 Å². The summed E-state index contributed by atoms with van der Waals surface area (Å²) in [5.74, 6) is -0.452. The van der Waals surface area contributed by atoms with Crippen molar-refractivity contribution in [2.45, 2.75) is 18.9 Å². The van der Waals surface area contributed by atoms with Gasteiger partial charge in [-0.15, -0.1) is 0 Å². The molecule has 0 fully saturated rings. The number of fused-ring (bicyclic) bond motifs is 1. The Hall–Kier alpha value is -2.04. The summed E-state index contributed by atoms with van der Waals surface area (Å²) in [5.41, 5.74) is -0.0961. The molecule has 2 rings (SSSR count). The number of hydrogen-bond donors (Lipinski definition) is 0. The fraction of sp³-hybridized carbons (Fsp3) is 0.385. The van der Waals surface area contributed by atoms with Gasteiger partial charge < -0.3 is 14.2 Å². The molecule has 1 atom stereocenters. The Balaban J connectivity index is 2.43. The predicted octanol–water partition coefficient (Wildman–Crippen LogP) is 1.34. The van der Waals surface area contributed by atoms with Crippen LogP contribution >= 0.6 is 0 Å². The Labute approximate surface area is 105 Å². The van der Waals surface area contributed by atoms with E-state index in [4.69, 9.17) is 9.47 Å². The van der Waals surface area contributed by atoms with E-state index in [1.165, 1.54) is 7.11 Å². The van der Waals surface area contributed by atoms with Crippen molar-refractivity contribution in [1.82, 2.24) is 0 Å². The molecule has 0 N–H and O–H groups in total. The molecule has 0 bridgehead atoms. The fourth-order valence-corrected chi connectivity index (χ4v) is 2.03. The maximum Gasteiger partial charge on any atom is 0.350 e. The van der Waals surface area contributed by atoms with Gasteiger partial charge in [0, 0.05) is 6.42 Å². The summed E-state index contributed by atoms with van der Waals surface area (Å²) in [6.45, 7) is 1.54. The van der Waals surface area contributed by atoms with Crippen molar-refractivity contribution in [2.75, 3.05) is 14.2 Å². The fourth-order valence-electron chi connectivity index (χ4n) is 2.03. The van der Waals surface area contributed by atoms with Gasteiger partial charge in [-0.3, -0.25) is 0 Å². The minimum atomic E-state index is -1.27. The average molecular weight is 250 g/mol. The molecule has 5 heteroatoms. The Morgan fingerprint density at radius 3 is 2.72 bits per heavy atom. The highest BCUT2D eigenvalue weighted by Crippen LogP contribution is 2.31. The molecule has 0 aliphatic carbocycles. The van der Waals surface area contributed by atoms with Crippen LogP contribution < -0.4 is 4.74 Å². The van der Waals surface area contributed by atoms with Crippen molar-refractivity contribution in [3.05, 3.63) is 29.3 Å². The molecular formula is C13H14O5. The number of carbonyl (C=O) groups is 2. The van der Waals surface area contributed by atoms with E-state index in [1.807, 2.05) is 0 Å². The first-order valence-electron chi connectivity index (χ1n) is 5.49. The average Bonchev–Trinajstić information content (AvgIpc) is 2.36. The summed E-state index contributed by atoms with van der Waals surface area (Å²) >= 11 is 0. The van der Waals surface area contributed by atoms with Crippen LogP contribution in [0.5, 0.6) is 5.75 Å². The van der Waals surface area contributed by atoms with Gasteiger partial charge in [0.1, 0.15) is 5.75 Å². The SMILES string of the molecule is COC(=O)C1(C)Cc2cc(OC)ccc2C(=O)O1. The first-order valence-corrected chi connectivity index (χ1v) is 5.49. The minimum Gasteiger partial charge on any atom is -0.497 e. The number of carbonyl (C=O) groups excluding carboxylic acids is 2. The lowest BCUT2D eigenvalue weighted by molar-refractivity contribution is -0.161. The maximum atomic E-state index is 11.9. The van der Waals surface area contributed by atoms with Crippen molar-refractivity contribution in [1.29, 1.82) is 0 Å². The van der Waals surface area contributed by atoms with Gasteiger partial charge in [0.2, 0.25) is 5.60 Å². The van der Waals surface area contributed by atoms with Crippen LogP contribution in [-0.2, 0) is 20.7 Å². The number of rotatable bonds is 2. The highest BCUT2D eigenvalue weighted by atomic mass is 16.6. The molecule has 0 saturated carbocycles. The van der Waals surface area contributed by atoms with Crippen molar-refractivity contribution in [3.63, 3.8) is 0 Å². The Morgan fingerprint density at radius 2 is 2.11 bits per heavy atom. The summed E-state index contributed by atoms with van der Waals surface area (Å²) in [5, 5.41) is 0. The molecule has 1 aliphatic rings. The third kappa shape index (κ3) is 1.92. The third-order valence-electron chi connectivity index (χ3n) is 3.00. The summed E-state index contributed by atoms with van der Waals surface area (Å²) in [4.78, 5) is 23.5. The molecule has 1 unspecified atom stereocenters. The molecule has 0 radical (unpaired) electrons. The number of methoxy groups -OCH3 is 2. The Bertz CT molecular complexity index is 508. The predicted molar refractivity (Wildman–Crippen MR) is 62.5 cm³/mol. The van der Waals surface area contributed by atoms with Crippen LogP contribution in [0.25, 0.3) is 0 Å². The van der Waals surface area contributed by atoms with E-state index < -0.39 is 17.5 Å². The van der Waals surface area contributed by atoms with Crippen LogP contribution in [0.2, 0.25) is 0 Å². The van der Waals surface area contributed by atoms with Gasteiger partial charge in [0.25, 0.3) is 0 Å². The number of hydrogen-bond acceptors (Lipinski definition) is 5. The first-order chi connectivity index (χ1) is 8.50. The molecule has 1 aliphatic heterocycles. The van der Waals surface area contributed by atoms with Gasteiger partial charge >= 0.3 is 11.9 Å². The zero-order valence-electron chi connectivity index (χ0n) is 10.5. The standard InChI is InChI=1S/C13H14O5/c1-13(12(15)17-3)7-8-6-9(16-2)4-5-10(8)11(14)18-13/h4-6H,7H2,1-3H3. The molecule has 0 saturated heterocycles. The van der Waals surface area contributed by atoms with Gasteiger partial charge in [-0.05, 0) is 30.7 Å². The van der Waals surface area contributed by atoms with E-state index >= 15 is 0 Å². The molecule has 1 aromatic carbocycles. The number of benzene rings is 1. The third-order valence-corrected chi connectivity index (χ3v) is 3.00. The van der Waals surface area contributed by atoms with Crippen LogP contribution in [0.4, 0.5) is 0 Å². The van der Waals surface area contributed by atoms with Gasteiger partial charge in [0.15, 0.2) is 0 Å². The minimum absolute atomic E-state index is 0.276. The van der Waals surface area contributed by atoms with E-state index in [2.05, 4.69) is 4.74 Å². The quantitative estimate of drug-likeness (QED) is 0.741. The van der Waals surface area contributed by atoms with Crippen LogP contribution in [-0.4, -0.2) is 31.8 Å². The number of ether oxygens (including phenoxy) is 3. The topological polar surface area (TPSA) is 61.8 Å².